The smallest absolute Gasteiger partial charge is 0.138 e. The maximum Gasteiger partial charge on any atom is 0.138 e. The summed E-state index contributed by atoms with van der Waals surface area (Å²) in [5.74, 6) is 0.918. The Balaban J connectivity index is 1.27. The van der Waals surface area contributed by atoms with Gasteiger partial charge in [0.05, 0.1) is 27.8 Å². The molecule has 0 saturated heterocycles. The number of pyridine rings is 2. The molecule has 5 aromatic carbocycles. The van der Waals surface area contributed by atoms with Gasteiger partial charge in [0.2, 0.25) is 0 Å². The molecule has 0 atom stereocenters. The SMILES string of the molecule is Cc1ccc2c(c1)-c1cc(C)ccc1C21c2ccccc2-c2nc(-n3c4ccccc4c4ccc(-c5ccccn5)cc43)ccc21. The van der Waals surface area contributed by atoms with Crippen LogP contribution < -0.4 is 0 Å². The van der Waals surface area contributed by atoms with Crippen molar-refractivity contribution in [3.8, 4) is 39.5 Å². The monoisotopic (exact) mass is 587 g/mol. The number of hydrogen-bond donors (Lipinski definition) is 0. The Hall–Kier alpha value is -5.80. The van der Waals surface area contributed by atoms with Crippen molar-refractivity contribution in [2.24, 2.45) is 0 Å². The van der Waals surface area contributed by atoms with Gasteiger partial charge in [-0.3, -0.25) is 9.55 Å². The molecular formula is C43H29N3. The average molecular weight is 588 g/mol. The van der Waals surface area contributed by atoms with Crippen molar-refractivity contribution in [1.82, 2.24) is 14.5 Å². The van der Waals surface area contributed by atoms with Crippen LogP contribution in [0, 0.1) is 13.8 Å². The molecule has 3 heteroatoms. The largest absolute Gasteiger partial charge is 0.294 e. The number of hydrogen-bond acceptors (Lipinski definition) is 2. The molecule has 3 aromatic heterocycles. The van der Waals surface area contributed by atoms with E-state index in [0.29, 0.717) is 0 Å². The first-order chi connectivity index (χ1) is 22.6. The highest BCUT2D eigenvalue weighted by molar-refractivity contribution is 6.10. The Bertz CT molecular complexity index is 2500. The van der Waals surface area contributed by atoms with Crippen LogP contribution in [0.2, 0.25) is 0 Å². The lowest BCUT2D eigenvalue weighted by Crippen LogP contribution is -2.26. The molecule has 1 spiro atoms. The highest BCUT2D eigenvalue weighted by atomic mass is 15.1. The number of rotatable bonds is 2. The van der Waals surface area contributed by atoms with Crippen LogP contribution in [-0.2, 0) is 5.41 Å². The lowest BCUT2D eigenvalue weighted by atomic mass is 9.70. The fourth-order valence-corrected chi connectivity index (χ4v) is 8.29. The van der Waals surface area contributed by atoms with Gasteiger partial charge in [0.1, 0.15) is 5.82 Å². The van der Waals surface area contributed by atoms with E-state index < -0.39 is 5.41 Å². The molecule has 0 saturated carbocycles. The van der Waals surface area contributed by atoms with Crippen molar-refractivity contribution in [2.75, 3.05) is 0 Å². The van der Waals surface area contributed by atoms with Crippen molar-refractivity contribution < 1.29 is 0 Å². The van der Waals surface area contributed by atoms with Crippen LogP contribution in [0.5, 0.6) is 0 Å². The third-order valence-electron chi connectivity index (χ3n) is 10.2. The molecule has 0 unspecified atom stereocenters. The fraction of sp³-hybridized carbons (Fsp3) is 0.0698. The van der Waals surface area contributed by atoms with Gasteiger partial charge in [0, 0.05) is 28.1 Å². The molecule has 216 valence electrons. The number of aromatic nitrogens is 3. The van der Waals surface area contributed by atoms with Crippen LogP contribution >= 0.6 is 0 Å². The predicted octanol–water partition coefficient (Wildman–Crippen LogP) is 10.2. The zero-order valence-electron chi connectivity index (χ0n) is 25.6. The molecule has 2 aliphatic rings. The van der Waals surface area contributed by atoms with E-state index >= 15 is 0 Å². The van der Waals surface area contributed by atoms with Gasteiger partial charge in [-0.2, -0.15) is 0 Å². The minimum atomic E-state index is -0.406. The van der Waals surface area contributed by atoms with E-state index in [1.54, 1.807) is 0 Å². The first-order valence-electron chi connectivity index (χ1n) is 15.9. The van der Waals surface area contributed by atoms with E-state index in [1.807, 2.05) is 18.3 Å². The molecule has 0 fully saturated rings. The van der Waals surface area contributed by atoms with Gasteiger partial charge in [-0.25, -0.2) is 4.98 Å². The van der Waals surface area contributed by atoms with Crippen LogP contribution in [0.15, 0.2) is 140 Å². The van der Waals surface area contributed by atoms with Gasteiger partial charge >= 0.3 is 0 Å². The van der Waals surface area contributed by atoms with Crippen LogP contribution in [0.4, 0.5) is 0 Å². The Morgan fingerprint density at radius 3 is 1.98 bits per heavy atom. The summed E-state index contributed by atoms with van der Waals surface area (Å²) in [5, 5.41) is 2.42. The van der Waals surface area contributed by atoms with Gasteiger partial charge < -0.3 is 0 Å². The summed E-state index contributed by atoms with van der Waals surface area (Å²) in [5.41, 5.74) is 16.6. The summed E-state index contributed by atoms with van der Waals surface area (Å²) in [4.78, 5) is 10.2. The molecule has 8 aromatic rings. The van der Waals surface area contributed by atoms with Gasteiger partial charge in [0.15, 0.2) is 0 Å². The number of benzene rings is 5. The quantitative estimate of drug-likeness (QED) is 0.201. The minimum absolute atomic E-state index is 0.406. The summed E-state index contributed by atoms with van der Waals surface area (Å²) in [6, 6.07) is 48.8. The Labute approximate surface area is 267 Å². The molecule has 0 aliphatic heterocycles. The van der Waals surface area contributed by atoms with Gasteiger partial charge in [-0.1, -0.05) is 114 Å². The van der Waals surface area contributed by atoms with Crippen molar-refractivity contribution in [3.63, 3.8) is 0 Å². The Kier molecular flexibility index (Phi) is 5.06. The van der Waals surface area contributed by atoms with Crippen molar-refractivity contribution >= 4 is 21.8 Å². The molecule has 2 aliphatic carbocycles. The Morgan fingerprint density at radius 1 is 0.522 bits per heavy atom. The second-order valence-electron chi connectivity index (χ2n) is 12.8. The van der Waals surface area contributed by atoms with Crippen LogP contribution in [-0.4, -0.2) is 14.5 Å². The molecule has 46 heavy (non-hydrogen) atoms. The van der Waals surface area contributed by atoms with E-state index in [4.69, 9.17) is 4.98 Å². The highest BCUT2D eigenvalue weighted by Gasteiger charge is 2.52. The number of fused-ring (bicyclic) bond motifs is 13. The second-order valence-corrected chi connectivity index (χ2v) is 12.8. The second kappa shape index (κ2) is 9.12. The van der Waals surface area contributed by atoms with Crippen molar-refractivity contribution in [1.29, 1.82) is 0 Å². The van der Waals surface area contributed by atoms with Crippen LogP contribution in [0.25, 0.3) is 61.3 Å². The minimum Gasteiger partial charge on any atom is -0.294 e. The topological polar surface area (TPSA) is 30.7 Å². The molecule has 0 radical (unpaired) electrons. The van der Waals surface area contributed by atoms with Gasteiger partial charge in [-0.15, -0.1) is 0 Å². The van der Waals surface area contributed by atoms with E-state index in [0.717, 1.165) is 33.8 Å². The molecule has 0 N–H and O–H groups in total. The zero-order chi connectivity index (χ0) is 30.6. The van der Waals surface area contributed by atoms with Crippen LogP contribution in [0.1, 0.15) is 33.4 Å². The lowest BCUT2D eigenvalue weighted by molar-refractivity contribution is 0.790. The first-order valence-corrected chi connectivity index (χ1v) is 15.9. The molecule has 3 heterocycles. The standard InChI is InChI=1S/C43H29N3/c1-26-14-18-35-32(23-26)33-24-27(2)15-19-36(33)43(35)34-11-5-3-10-31(34)42-37(43)20-21-41(45-42)46-39-13-6-4-9-29(39)30-17-16-28(25-40(30)46)38-12-7-8-22-44-38/h3-25H,1-2H3. The summed E-state index contributed by atoms with van der Waals surface area (Å²) in [6.07, 6.45) is 1.85. The average Bonchev–Trinajstić information content (AvgIpc) is 3.69. The molecule has 0 bridgehead atoms. The summed E-state index contributed by atoms with van der Waals surface area (Å²) >= 11 is 0. The van der Waals surface area contributed by atoms with Crippen LogP contribution in [0.3, 0.4) is 0 Å². The number of nitrogens with zero attached hydrogens (tertiary/aromatic N) is 3. The maximum absolute atomic E-state index is 5.59. The molecule has 3 nitrogen and oxygen atoms in total. The Morgan fingerprint density at radius 2 is 1.20 bits per heavy atom. The number of aryl methyl sites for hydroxylation is 2. The third-order valence-corrected chi connectivity index (χ3v) is 10.2. The van der Waals surface area contributed by atoms with Crippen molar-refractivity contribution in [3.05, 3.63) is 173 Å². The molecule has 0 amide bonds. The summed E-state index contributed by atoms with van der Waals surface area (Å²) < 4.78 is 2.33. The molecule has 10 rings (SSSR count). The zero-order valence-corrected chi connectivity index (χ0v) is 25.6. The summed E-state index contributed by atoms with van der Waals surface area (Å²) in [7, 11) is 0. The summed E-state index contributed by atoms with van der Waals surface area (Å²) in [6.45, 7) is 4.38. The third kappa shape index (κ3) is 3.22. The fourth-order valence-electron chi connectivity index (χ4n) is 8.29. The van der Waals surface area contributed by atoms with Crippen molar-refractivity contribution in [2.45, 2.75) is 19.3 Å². The van der Waals surface area contributed by atoms with E-state index in [9.17, 15) is 0 Å². The normalized spacial score (nSPS) is 13.6. The number of para-hydroxylation sites is 1. The van der Waals surface area contributed by atoms with Gasteiger partial charge in [-0.05, 0) is 77.6 Å². The molecular weight excluding hydrogens is 558 g/mol. The van der Waals surface area contributed by atoms with Gasteiger partial charge in [0.25, 0.3) is 0 Å². The maximum atomic E-state index is 5.59. The highest BCUT2D eigenvalue weighted by Crippen LogP contribution is 2.62. The van der Waals surface area contributed by atoms with E-state index in [-0.39, 0.29) is 0 Å². The van der Waals surface area contributed by atoms with E-state index in [2.05, 4.69) is 145 Å². The lowest BCUT2D eigenvalue weighted by Gasteiger charge is -2.30. The first kappa shape index (κ1) is 25.5. The predicted molar refractivity (Wildman–Crippen MR) is 188 cm³/mol. The van der Waals surface area contributed by atoms with E-state index in [1.165, 1.54) is 60.8 Å².